The fourth-order valence-corrected chi connectivity index (χ4v) is 4.73. The summed E-state index contributed by atoms with van der Waals surface area (Å²) in [6.07, 6.45) is 6.09. The molecule has 0 aliphatic heterocycles. The Morgan fingerprint density at radius 1 is 1.18 bits per heavy atom. The van der Waals surface area contributed by atoms with E-state index in [0.29, 0.717) is 18.4 Å². The minimum atomic E-state index is -0.750. The minimum Gasteiger partial charge on any atom is -0.466 e. The summed E-state index contributed by atoms with van der Waals surface area (Å²) in [5.41, 5.74) is -0.750. The van der Waals surface area contributed by atoms with Gasteiger partial charge in [-0.15, -0.1) is 0 Å². The normalized spacial score (nSPS) is 47.2. The summed E-state index contributed by atoms with van der Waals surface area (Å²) in [6, 6.07) is 0. The van der Waals surface area contributed by atoms with Crippen molar-refractivity contribution < 1.29 is 14.6 Å². The lowest BCUT2D eigenvalue weighted by molar-refractivity contribution is -0.188. The second-order valence-electron chi connectivity index (χ2n) is 6.28. The number of aliphatic hydroxyl groups is 1. The molecule has 4 fully saturated rings. The maximum atomic E-state index is 11.7. The van der Waals surface area contributed by atoms with Crippen molar-refractivity contribution in [1.29, 1.82) is 0 Å². The quantitative estimate of drug-likeness (QED) is 0.766. The van der Waals surface area contributed by atoms with Gasteiger partial charge in [0.2, 0.25) is 0 Å². The first-order valence-corrected chi connectivity index (χ1v) is 6.99. The molecule has 4 saturated carbocycles. The first-order chi connectivity index (χ1) is 8.11. The van der Waals surface area contributed by atoms with E-state index in [-0.39, 0.29) is 12.4 Å². The molecule has 17 heavy (non-hydrogen) atoms. The van der Waals surface area contributed by atoms with Crippen molar-refractivity contribution in [2.75, 3.05) is 6.61 Å². The summed E-state index contributed by atoms with van der Waals surface area (Å²) in [5, 5.41) is 10.9. The molecule has 96 valence electrons. The first kappa shape index (κ1) is 11.5. The summed E-state index contributed by atoms with van der Waals surface area (Å²) >= 11 is 0. The smallest absolute Gasteiger partial charge is 0.308 e. The number of hydrogen-bond acceptors (Lipinski definition) is 3. The largest absolute Gasteiger partial charge is 0.466 e. The summed E-state index contributed by atoms with van der Waals surface area (Å²) in [7, 11) is 0. The zero-order chi connectivity index (χ0) is 12.0. The van der Waals surface area contributed by atoms with Crippen LogP contribution in [0.15, 0.2) is 0 Å². The van der Waals surface area contributed by atoms with Crippen LogP contribution in [0.4, 0.5) is 0 Å². The van der Waals surface area contributed by atoms with Gasteiger partial charge in [0.25, 0.3) is 0 Å². The summed E-state index contributed by atoms with van der Waals surface area (Å²) in [5.74, 6) is 2.12. The van der Waals surface area contributed by atoms with Crippen LogP contribution >= 0.6 is 0 Å². The number of carbonyl (C=O) groups excluding carboxylic acids is 1. The van der Waals surface area contributed by atoms with E-state index in [1.54, 1.807) is 0 Å². The van der Waals surface area contributed by atoms with Crippen molar-refractivity contribution in [3.63, 3.8) is 0 Å². The maximum absolute atomic E-state index is 11.7. The maximum Gasteiger partial charge on any atom is 0.308 e. The molecule has 0 unspecified atom stereocenters. The predicted octanol–water partition coefficient (Wildman–Crippen LogP) is 2.13. The van der Waals surface area contributed by atoms with Crippen LogP contribution in [0, 0.1) is 23.7 Å². The molecule has 4 bridgehead atoms. The monoisotopic (exact) mass is 238 g/mol. The molecule has 0 aromatic rings. The van der Waals surface area contributed by atoms with Crippen LogP contribution < -0.4 is 0 Å². The molecule has 0 aromatic heterocycles. The van der Waals surface area contributed by atoms with Crippen molar-refractivity contribution in [2.24, 2.45) is 23.7 Å². The highest BCUT2D eigenvalue weighted by atomic mass is 16.5. The average Bonchev–Trinajstić information content (AvgIpc) is 2.25. The molecule has 4 rings (SSSR count). The third kappa shape index (κ3) is 1.79. The zero-order valence-electron chi connectivity index (χ0n) is 10.5. The van der Waals surface area contributed by atoms with E-state index in [0.717, 1.165) is 37.5 Å². The lowest BCUT2D eigenvalue weighted by Gasteiger charge is -2.58. The molecule has 0 atom stereocenters. The molecular weight excluding hydrogens is 216 g/mol. The molecule has 0 saturated heterocycles. The van der Waals surface area contributed by atoms with E-state index in [9.17, 15) is 9.90 Å². The molecular formula is C14H22O3. The van der Waals surface area contributed by atoms with E-state index >= 15 is 0 Å². The van der Waals surface area contributed by atoms with Crippen LogP contribution in [0.3, 0.4) is 0 Å². The van der Waals surface area contributed by atoms with Gasteiger partial charge in [-0.3, -0.25) is 4.79 Å². The lowest BCUT2D eigenvalue weighted by atomic mass is 9.49. The van der Waals surface area contributed by atoms with Crippen molar-refractivity contribution in [3.8, 4) is 0 Å². The van der Waals surface area contributed by atoms with Crippen molar-refractivity contribution in [2.45, 2.75) is 51.0 Å². The molecule has 4 aliphatic carbocycles. The van der Waals surface area contributed by atoms with Crippen molar-refractivity contribution in [3.05, 3.63) is 0 Å². The number of ether oxygens (including phenoxy) is 1. The number of carbonyl (C=O) groups is 1. The van der Waals surface area contributed by atoms with Gasteiger partial charge in [0.15, 0.2) is 0 Å². The fourth-order valence-electron chi connectivity index (χ4n) is 4.73. The molecule has 0 heterocycles. The number of esters is 1. The highest BCUT2D eigenvalue weighted by molar-refractivity contribution is 5.71. The molecule has 3 heteroatoms. The number of hydrogen-bond donors (Lipinski definition) is 1. The van der Waals surface area contributed by atoms with Gasteiger partial charge in [-0.05, 0) is 62.7 Å². The van der Waals surface area contributed by atoms with Crippen LogP contribution in [0.25, 0.3) is 0 Å². The molecule has 3 nitrogen and oxygen atoms in total. The van der Waals surface area contributed by atoms with Gasteiger partial charge < -0.3 is 9.84 Å². The Morgan fingerprint density at radius 3 is 2.18 bits per heavy atom. The second-order valence-corrected chi connectivity index (χ2v) is 6.28. The van der Waals surface area contributed by atoms with Gasteiger partial charge >= 0.3 is 5.97 Å². The lowest BCUT2D eigenvalue weighted by Crippen LogP contribution is -2.58. The fraction of sp³-hybridized carbons (Fsp3) is 0.929. The van der Waals surface area contributed by atoms with Gasteiger partial charge in [0.05, 0.1) is 18.6 Å². The van der Waals surface area contributed by atoms with Crippen molar-refractivity contribution >= 4 is 5.97 Å². The van der Waals surface area contributed by atoms with Crippen LogP contribution in [-0.2, 0) is 9.53 Å². The highest BCUT2D eigenvalue weighted by Gasteiger charge is 2.57. The Hall–Kier alpha value is -0.570. The Morgan fingerprint density at radius 2 is 1.71 bits per heavy atom. The molecule has 1 N–H and O–H groups in total. The van der Waals surface area contributed by atoms with Gasteiger partial charge in [0, 0.05) is 0 Å². The zero-order valence-corrected chi connectivity index (χ0v) is 10.5. The van der Waals surface area contributed by atoms with Gasteiger partial charge in [-0.1, -0.05) is 0 Å². The molecule has 4 aliphatic rings. The Bertz CT molecular complexity index is 295. The third-order valence-corrected chi connectivity index (χ3v) is 5.28. The van der Waals surface area contributed by atoms with E-state index in [1.807, 2.05) is 6.92 Å². The molecule has 0 amide bonds. The minimum absolute atomic E-state index is 0.218. The second kappa shape index (κ2) is 3.98. The molecule has 0 radical (unpaired) electrons. The topological polar surface area (TPSA) is 46.5 Å². The number of rotatable bonds is 3. The van der Waals surface area contributed by atoms with E-state index in [1.165, 1.54) is 6.42 Å². The third-order valence-electron chi connectivity index (χ3n) is 5.28. The first-order valence-electron chi connectivity index (χ1n) is 6.99. The average molecular weight is 238 g/mol. The Labute approximate surface area is 103 Å². The summed E-state index contributed by atoms with van der Waals surface area (Å²) < 4.78 is 5.01. The van der Waals surface area contributed by atoms with Gasteiger partial charge in [0.1, 0.15) is 0 Å². The van der Waals surface area contributed by atoms with E-state index in [2.05, 4.69) is 0 Å². The summed E-state index contributed by atoms with van der Waals surface area (Å²) in [4.78, 5) is 11.7. The Kier molecular flexibility index (Phi) is 2.69. The molecule has 0 aromatic carbocycles. The van der Waals surface area contributed by atoms with Gasteiger partial charge in [-0.2, -0.15) is 0 Å². The SMILES string of the molecule is CCOC(=O)CC1(O)C2CC3CC(C2)CC1C3. The van der Waals surface area contributed by atoms with Gasteiger partial charge in [-0.25, -0.2) is 0 Å². The predicted molar refractivity (Wildman–Crippen MR) is 63.2 cm³/mol. The van der Waals surface area contributed by atoms with Crippen molar-refractivity contribution in [1.82, 2.24) is 0 Å². The highest BCUT2D eigenvalue weighted by Crippen LogP contribution is 2.59. The van der Waals surface area contributed by atoms with E-state index < -0.39 is 5.60 Å². The van der Waals surface area contributed by atoms with Crippen LogP contribution in [0.5, 0.6) is 0 Å². The molecule has 0 spiro atoms. The van der Waals surface area contributed by atoms with Crippen LogP contribution in [0.2, 0.25) is 0 Å². The standard InChI is InChI=1S/C14H22O3/c1-2-17-13(15)8-14(16)11-4-9-3-10(6-11)7-12(14)5-9/h9-12,16H,2-8H2,1H3. The van der Waals surface area contributed by atoms with Crippen LogP contribution in [0.1, 0.15) is 45.4 Å². The Balaban J connectivity index is 1.75. The van der Waals surface area contributed by atoms with E-state index in [4.69, 9.17) is 4.74 Å². The summed E-state index contributed by atoms with van der Waals surface area (Å²) in [6.45, 7) is 2.23. The van der Waals surface area contributed by atoms with Crippen LogP contribution in [-0.4, -0.2) is 23.3 Å².